The van der Waals surface area contributed by atoms with Gasteiger partial charge in [-0.1, -0.05) is 45.0 Å². The predicted molar refractivity (Wildman–Crippen MR) is 117 cm³/mol. The number of nitrogens with one attached hydrogen (secondary N) is 2. The van der Waals surface area contributed by atoms with Crippen molar-refractivity contribution in [1.82, 2.24) is 10.3 Å². The molecule has 1 amide bonds. The first-order valence-corrected chi connectivity index (χ1v) is 9.60. The first-order valence-electron chi connectivity index (χ1n) is 9.60. The standard InChI is InChI=1S/C24H27N3O2/c1-24(2,3)19-7-9-20(10-8-19)27-22-15-18(13-14-25-22)23(28)26-16-17-5-11-21(29-4)12-6-17/h5-15H,16H2,1-4H3,(H,25,27)(H,26,28). The number of ether oxygens (including phenoxy) is 1. The van der Waals surface area contributed by atoms with Crippen molar-refractivity contribution in [1.29, 1.82) is 0 Å². The zero-order valence-electron chi connectivity index (χ0n) is 17.3. The molecule has 1 heterocycles. The molecule has 0 aliphatic carbocycles. The van der Waals surface area contributed by atoms with Gasteiger partial charge in [-0.3, -0.25) is 4.79 Å². The van der Waals surface area contributed by atoms with Crippen LogP contribution in [0.1, 0.15) is 42.3 Å². The van der Waals surface area contributed by atoms with Crippen LogP contribution < -0.4 is 15.4 Å². The Balaban J connectivity index is 1.63. The van der Waals surface area contributed by atoms with E-state index in [4.69, 9.17) is 4.74 Å². The molecule has 0 fully saturated rings. The molecule has 1 aromatic heterocycles. The third kappa shape index (κ3) is 5.57. The normalized spacial score (nSPS) is 11.0. The number of nitrogens with zero attached hydrogens (tertiary/aromatic N) is 1. The Morgan fingerprint density at radius 2 is 1.69 bits per heavy atom. The molecule has 0 radical (unpaired) electrons. The van der Waals surface area contributed by atoms with Gasteiger partial charge in [0, 0.05) is 24.0 Å². The highest BCUT2D eigenvalue weighted by Crippen LogP contribution is 2.24. The summed E-state index contributed by atoms with van der Waals surface area (Å²) in [5.74, 6) is 1.28. The van der Waals surface area contributed by atoms with Gasteiger partial charge in [0.2, 0.25) is 0 Å². The monoisotopic (exact) mass is 389 g/mol. The highest BCUT2D eigenvalue weighted by atomic mass is 16.5. The van der Waals surface area contributed by atoms with Crippen LogP contribution in [0, 0.1) is 0 Å². The van der Waals surface area contributed by atoms with E-state index in [-0.39, 0.29) is 11.3 Å². The Labute approximate surface area is 172 Å². The van der Waals surface area contributed by atoms with E-state index in [1.807, 2.05) is 36.4 Å². The number of aromatic nitrogens is 1. The van der Waals surface area contributed by atoms with Crippen LogP contribution >= 0.6 is 0 Å². The van der Waals surface area contributed by atoms with Gasteiger partial charge in [-0.2, -0.15) is 0 Å². The average molecular weight is 389 g/mol. The van der Waals surface area contributed by atoms with E-state index < -0.39 is 0 Å². The first kappa shape index (κ1) is 20.4. The fourth-order valence-corrected chi connectivity index (χ4v) is 2.87. The molecule has 5 nitrogen and oxygen atoms in total. The molecule has 3 rings (SSSR count). The van der Waals surface area contributed by atoms with Crippen LogP contribution in [-0.4, -0.2) is 18.0 Å². The van der Waals surface area contributed by atoms with Crippen molar-refractivity contribution in [2.75, 3.05) is 12.4 Å². The summed E-state index contributed by atoms with van der Waals surface area (Å²) in [6.45, 7) is 7.00. The maximum absolute atomic E-state index is 12.5. The van der Waals surface area contributed by atoms with Gasteiger partial charge in [0.05, 0.1) is 7.11 Å². The molecule has 2 aromatic carbocycles. The molecule has 0 saturated heterocycles. The summed E-state index contributed by atoms with van der Waals surface area (Å²) in [4.78, 5) is 16.8. The number of carbonyl (C=O) groups is 1. The zero-order valence-corrected chi connectivity index (χ0v) is 17.3. The molecule has 0 aliphatic heterocycles. The summed E-state index contributed by atoms with van der Waals surface area (Å²) in [6.07, 6.45) is 1.63. The predicted octanol–water partition coefficient (Wildman–Crippen LogP) is 5.06. The quantitative estimate of drug-likeness (QED) is 0.618. The van der Waals surface area contributed by atoms with Crippen molar-refractivity contribution < 1.29 is 9.53 Å². The number of rotatable bonds is 6. The van der Waals surface area contributed by atoms with Crippen LogP contribution in [0.2, 0.25) is 0 Å². The first-order chi connectivity index (χ1) is 13.8. The van der Waals surface area contributed by atoms with Crippen LogP contribution in [-0.2, 0) is 12.0 Å². The minimum atomic E-state index is -0.144. The second kappa shape index (κ2) is 8.78. The largest absolute Gasteiger partial charge is 0.497 e. The number of carbonyl (C=O) groups excluding carboxylic acids is 1. The van der Waals surface area contributed by atoms with E-state index in [1.165, 1.54) is 5.56 Å². The second-order valence-electron chi connectivity index (χ2n) is 7.91. The second-order valence-corrected chi connectivity index (χ2v) is 7.91. The molecule has 5 heteroatoms. The summed E-state index contributed by atoms with van der Waals surface area (Å²) in [5.41, 5.74) is 3.87. The van der Waals surface area contributed by atoms with Gasteiger partial charge in [-0.05, 0) is 52.9 Å². The van der Waals surface area contributed by atoms with Crippen LogP contribution in [0.15, 0.2) is 66.9 Å². The summed E-state index contributed by atoms with van der Waals surface area (Å²) >= 11 is 0. The number of hydrogen-bond donors (Lipinski definition) is 2. The lowest BCUT2D eigenvalue weighted by Crippen LogP contribution is -2.22. The zero-order chi connectivity index (χ0) is 20.9. The molecule has 150 valence electrons. The van der Waals surface area contributed by atoms with E-state index in [9.17, 15) is 4.79 Å². The van der Waals surface area contributed by atoms with Gasteiger partial charge in [-0.15, -0.1) is 0 Å². The minimum Gasteiger partial charge on any atom is -0.497 e. The maximum Gasteiger partial charge on any atom is 0.251 e. The molecule has 3 aromatic rings. The minimum absolute atomic E-state index is 0.110. The fraction of sp³-hybridized carbons (Fsp3) is 0.250. The molecule has 0 spiro atoms. The highest BCUT2D eigenvalue weighted by molar-refractivity contribution is 5.94. The molecule has 2 N–H and O–H groups in total. The number of anilines is 2. The number of amides is 1. The highest BCUT2D eigenvalue weighted by Gasteiger charge is 2.13. The van der Waals surface area contributed by atoms with Crippen molar-refractivity contribution in [3.63, 3.8) is 0 Å². The summed E-state index contributed by atoms with van der Waals surface area (Å²) < 4.78 is 5.15. The molecule has 0 atom stereocenters. The Bertz CT molecular complexity index is 959. The van der Waals surface area contributed by atoms with Gasteiger partial charge in [0.15, 0.2) is 0 Å². The lowest BCUT2D eigenvalue weighted by molar-refractivity contribution is 0.0951. The summed E-state index contributed by atoms with van der Waals surface area (Å²) in [5, 5.41) is 6.19. The van der Waals surface area contributed by atoms with Crippen molar-refractivity contribution >= 4 is 17.4 Å². The molecule has 29 heavy (non-hydrogen) atoms. The number of pyridine rings is 1. The van der Waals surface area contributed by atoms with Crippen molar-refractivity contribution in [3.8, 4) is 5.75 Å². The SMILES string of the molecule is COc1ccc(CNC(=O)c2ccnc(Nc3ccc(C(C)(C)C)cc3)c2)cc1. The van der Waals surface area contributed by atoms with E-state index in [2.05, 4.69) is 48.5 Å². The van der Waals surface area contributed by atoms with E-state index in [0.29, 0.717) is 17.9 Å². The van der Waals surface area contributed by atoms with Gasteiger partial charge in [0.25, 0.3) is 5.91 Å². The Morgan fingerprint density at radius 3 is 2.31 bits per heavy atom. The lowest BCUT2D eigenvalue weighted by atomic mass is 9.87. The smallest absolute Gasteiger partial charge is 0.251 e. The van der Waals surface area contributed by atoms with Crippen molar-refractivity contribution in [2.45, 2.75) is 32.7 Å². The Morgan fingerprint density at radius 1 is 1.00 bits per heavy atom. The third-order valence-corrected chi connectivity index (χ3v) is 4.66. The van der Waals surface area contributed by atoms with Crippen LogP contribution in [0.5, 0.6) is 5.75 Å². The molecular weight excluding hydrogens is 362 g/mol. The van der Waals surface area contributed by atoms with Crippen LogP contribution in [0.4, 0.5) is 11.5 Å². The van der Waals surface area contributed by atoms with Crippen LogP contribution in [0.3, 0.4) is 0 Å². The van der Waals surface area contributed by atoms with Crippen molar-refractivity contribution in [3.05, 3.63) is 83.6 Å². The fourth-order valence-electron chi connectivity index (χ4n) is 2.87. The van der Waals surface area contributed by atoms with Gasteiger partial charge in [-0.25, -0.2) is 4.98 Å². The lowest BCUT2D eigenvalue weighted by Gasteiger charge is -2.19. The Kier molecular flexibility index (Phi) is 6.17. The molecular formula is C24H27N3O2. The van der Waals surface area contributed by atoms with Gasteiger partial charge >= 0.3 is 0 Å². The van der Waals surface area contributed by atoms with E-state index in [0.717, 1.165) is 17.0 Å². The summed E-state index contributed by atoms with van der Waals surface area (Å²) in [7, 11) is 1.63. The molecule has 0 bridgehead atoms. The number of benzene rings is 2. The van der Waals surface area contributed by atoms with E-state index in [1.54, 1.807) is 25.4 Å². The third-order valence-electron chi connectivity index (χ3n) is 4.66. The Hall–Kier alpha value is -3.34. The molecule has 0 saturated carbocycles. The van der Waals surface area contributed by atoms with Gasteiger partial charge in [0.1, 0.15) is 11.6 Å². The van der Waals surface area contributed by atoms with Crippen LogP contribution in [0.25, 0.3) is 0 Å². The topological polar surface area (TPSA) is 63.2 Å². The van der Waals surface area contributed by atoms with Gasteiger partial charge < -0.3 is 15.4 Å². The number of methoxy groups -OCH3 is 1. The van der Waals surface area contributed by atoms with Crippen molar-refractivity contribution in [2.24, 2.45) is 0 Å². The molecule has 0 aliphatic rings. The molecule has 0 unspecified atom stereocenters. The average Bonchev–Trinajstić information content (AvgIpc) is 2.72. The van der Waals surface area contributed by atoms with E-state index >= 15 is 0 Å². The maximum atomic E-state index is 12.5. The number of hydrogen-bond acceptors (Lipinski definition) is 4. The summed E-state index contributed by atoms with van der Waals surface area (Å²) in [6, 6.07) is 19.3.